The van der Waals surface area contributed by atoms with Gasteiger partial charge in [0.05, 0.1) is 31.6 Å². The number of aryl methyl sites for hydroxylation is 2. The maximum atomic E-state index is 12.4. The second-order valence-corrected chi connectivity index (χ2v) is 6.90. The van der Waals surface area contributed by atoms with E-state index in [4.69, 9.17) is 9.15 Å². The van der Waals surface area contributed by atoms with E-state index in [1.54, 1.807) is 7.11 Å². The largest absolute Gasteiger partial charge is 0.495 e. The standard InChI is InChI=1S/C20H28N4O3/c1-15-16(2)27-20(21-15)14-24-10-6-9-23(11-12-24)13-19(25)22-17-7-4-5-8-18(17)26-3/h4-5,7-8H,6,9-14H2,1-3H3,(H,22,25). The van der Waals surface area contributed by atoms with Crippen LogP contribution in [0.1, 0.15) is 23.8 Å². The third-order valence-electron chi connectivity index (χ3n) is 4.86. The number of benzene rings is 1. The lowest BCUT2D eigenvalue weighted by atomic mass is 10.3. The van der Waals surface area contributed by atoms with Crippen molar-refractivity contribution in [2.75, 3.05) is 45.2 Å². The van der Waals surface area contributed by atoms with Crippen molar-refractivity contribution in [2.24, 2.45) is 0 Å². The minimum atomic E-state index is -0.0214. The van der Waals surface area contributed by atoms with Gasteiger partial charge in [0, 0.05) is 13.1 Å². The molecule has 7 heteroatoms. The lowest BCUT2D eigenvalue weighted by molar-refractivity contribution is -0.117. The van der Waals surface area contributed by atoms with Crippen molar-refractivity contribution in [3.05, 3.63) is 41.6 Å². The molecular weight excluding hydrogens is 344 g/mol. The summed E-state index contributed by atoms with van der Waals surface area (Å²) in [7, 11) is 1.60. The Morgan fingerprint density at radius 1 is 1.19 bits per heavy atom. The fourth-order valence-corrected chi connectivity index (χ4v) is 3.28. The number of carbonyl (C=O) groups excluding carboxylic acids is 1. The van der Waals surface area contributed by atoms with E-state index >= 15 is 0 Å². The van der Waals surface area contributed by atoms with Gasteiger partial charge in [-0.3, -0.25) is 14.6 Å². The Balaban J connectivity index is 1.49. The maximum absolute atomic E-state index is 12.4. The molecule has 146 valence electrons. The number of oxazole rings is 1. The molecule has 1 aliphatic heterocycles. The van der Waals surface area contributed by atoms with Crippen molar-refractivity contribution < 1.29 is 13.9 Å². The number of anilines is 1. The van der Waals surface area contributed by atoms with Crippen LogP contribution in [-0.4, -0.2) is 60.5 Å². The van der Waals surface area contributed by atoms with Crippen molar-refractivity contribution in [1.29, 1.82) is 0 Å². The zero-order chi connectivity index (χ0) is 19.2. The van der Waals surface area contributed by atoms with E-state index < -0.39 is 0 Å². The molecule has 7 nitrogen and oxygen atoms in total. The number of rotatable bonds is 6. The molecule has 2 aromatic rings. The van der Waals surface area contributed by atoms with Gasteiger partial charge in [-0.15, -0.1) is 0 Å². The third kappa shape index (κ3) is 5.30. The highest BCUT2D eigenvalue weighted by Crippen LogP contribution is 2.23. The fourth-order valence-electron chi connectivity index (χ4n) is 3.28. The van der Waals surface area contributed by atoms with Gasteiger partial charge in [-0.05, 0) is 45.5 Å². The summed E-state index contributed by atoms with van der Waals surface area (Å²) in [6.07, 6.45) is 1.01. The molecule has 2 heterocycles. The number of aromatic nitrogens is 1. The molecule has 0 atom stereocenters. The van der Waals surface area contributed by atoms with E-state index in [0.717, 1.165) is 56.5 Å². The number of ether oxygens (including phenoxy) is 1. The van der Waals surface area contributed by atoms with Gasteiger partial charge in [-0.2, -0.15) is 0 Å². The molecule has 0 bridgehead atoms. The predicted molar refractivity (Wildman–Crippen MR) is 104 cm³/mol. The predicted octanol–water partition coefficient (Wildman–Crippen LogP) is 2.45. The van der Waals surface area contributed by atoms with Crippen molar-refractivity contribution >= 4 is 11.6 Å². The summed E-state index contributed by atoms with van der Waals surface area (Å²) in [5, 5.41) is 2.94. The molecule has 0 saturated carbocycles. The molecule has 1 aliphatic rings. The van der Waals surface area contributed by atoms with E-state index in [9.17, 15) is 4.79 Å². The molecule has 0 unspecified atom stereocenters. The number of para-hydroxylation sites is 2. The van der Waals surface area contributed by atoms with Crippen LogP contribution in [-0.2, 0) is 11.3 Å². The molecule has 0 radical (unpaired) electrons. The first-order chi connectivity index (χ1) is 13.0. The second kappa shape index (κ2) is 9.01. The Morgan fingerprint density at radius 3 is 2.67 bits per heavy atom. The molecule has 1 aromatic carbocycles. The van der Waals surface area contributed by atoms with Crippen LogP contribution in [0, 0.1) is 13.8 Å². The normalized spacial score (nSPS) is 16.1. The highest BCUT2D eigenvalue weighted by atomic mass is 16.5. The zero-order valence-electron chi connectivity index (χ0n) is 16.3. The first-order valence-corrected chi connectivity index (χ1v) is 9.35. The molecule has 1 saturated heterocycles. The maximum Gasteiger partial charge on any atom is 0.238 e. The van der Waals surface area contributed by atoms with Crippen LogP contribution in [0.5, 0.6) is 5.75 Å². The molecule has 1 amide bonds. The van der Waals surface area contributed by atoms with Crippen molar-refractivity contribution in [2.45, 2.75) is 26.8 Å². The van der Waals surface area contributed by atoms with Crippen LogP contribution in [0.15, 0.2) is 28.7 Å². The molecule has 1 aromatic heterocycles. The molecule has 0 aliphatic carbocycles. The monoisotopic (exact) mass is 372 g/mol. The summed E-state index contributed by atoms with van der Waals surface area (Å²) in [6.45, 7) is 8.62. The van der Waals surface area contributed by atoms with Gasteiger partial charge in [0.25, 0.3) is 0 Å². The van der Waals surface area contributed by atoms with Crippen LogP contribution in [0.2, 0.25) is 0 Å². The summed E-state index contributed by atoms with van der Waals surface area (Å²) in [4.78, 5) is 21.4. The average molecular weight is 372 g/mol. The van der Waals surface area contributed by atoms with Gasteiger partial charge in [0.15, 0.2) is 0 Å². The van der Waals surface area contributed by atoms with E-state index in [1.807, 2.05) is 38.1 Å². The van der Waals surface area contributed by atoms with Gasteiger partial charge in [-0.1, -0.05) is 12.1 Å². The molecule has 27 heavy (non-hydrogen) atoms. The van der Waals surface area contributed by atoms with Gasteiger partial charge in [0.2, 0.25) is 11.8 Å². The first-order valence-electron chi connectivity index (χ1n) is 9.35. The number of nitrogens with one attached hydrogen (secondary N) is 1. The van der Waals surface area contributed by atoms with Crippen molar-refractivity contribution in [3.63, 3.8) is 0 Å². The minimum Gasteiger partial charge on any atom is -0.495 e. The van der Waals surface area contributed by atoms with Gasteiger partial charge >= 0.3 is 0 Å². The molecule has 1 fully saturated rings. The van der Waals surface area contributed by atoms with Crippen LogP contribution in [0.3, 0.4) is 0 Å². The average Bonchev–Trinajstić information content (AvgIpc) is 2.82. The number of nitrogens with zero attached hydrogens (tertiary/aromatic N) is 3. The number of carbonyl (C=O) groups is 1. The molecule has 1 N–H and O–H groups in total. The minimum absolute atomic E-state index is 0.0214. The quantitative estimate of drug-likeness (QED) is 0.840. The Bertz CT molecular complexity index is 755. The summed E-state index contributed by atoms with van der Waals surface area (Å²) < 4.78 is 11.0. The topological polar surface area (TPSA) is 70.8 Å². The van der Waals surface area contributed by atoms with Gasteiger partial charge < -0.3 is 14.5 Å². The highest BCUT2D eigenvalue weighted by Gasteiger charge is 2.19. The van der Waals surface area contributed by atoms with Crippen LogP contribution in [0.25, 0.3) is 0 Å². The van der Waals surface area contributed by atoms with Crippen LogP contribution in [0.4, 0.5) is 5.69 Å². The fraction of sp³-hybridized carbons (Fsp3) is 0.500. The van der Waals surface area contributed by atoms with E-state index in [2.05, 4.69) is 20.1 Å². The summed E-state index contributed by atoms with van der Waals surface area (Å²) in [5.41, 5.74) is 1.66. The van der Waals surface area contributed by atoms with Crippen molar-refractivity contribution in [1.82, 2.24) is 14.8 Å². The lowest BCUT2D eigenvalue weighted by Crippen LogP contribution is -2.36. The Morgan fingerprint density at radius 2 is 1.93 bits per heavy atom. The first kappa shape index (κ1) is 19.4. The van der Waals surface area contributed by atoms with Crippen molar-refractivity contribution in [3.8, 4) is 5.75 Å². The molecular formula is C20H28N4O3. The number of hydrogen-bond donors (Lipinski definition) is 1. The lowest BCUT2D eigenvalue weighted by Gasteiger charge is -2.20. The van der Waals surface area contributed by atoms with Crippen LogP contribution >= 0.6 is 0 Å². The Labute approximate surface area is 160 Å². The van der Waals surface area contributed by atoms with E-state index in [0.29, 0.717) is 18.0 Å². The zero-order valence-corrected chi connectivity index (χ0v) is 16.3. The SMILES string of the molecule is COc1ccccc1NC(=O)CN1CCCN(Cc2nc(C)c(C)o2)CC1. The number of methoxy groups -OCH3 is 1. The Hall–Kier alpha value is -2.38. The Kier molecular flexibility index (Phi) is 6.47. The number of amides is 1. The summed E-state index contributed by atoms with van der Waals surface area (Å²) in [5.74, 6) is 2.30. The van der Waals surface area contributed by atoms with Gasteiger partial charge in [-0.25, -0.2) is 4.98 Å². The van der Waals surface area contributed by atoms with Crippen LogP contribution < -0.4 is 10.1 Å². The summed E-state index contributed by atoms with van der Waals surface area (Å²) in [6, 6.07) is 7.45. The highest BCUT2D eigenvalue weighted by molar-refractivity contribution is 5.93. The number of hydrogen-bond acceptors (Lipinski definition) is 6. The van der Waals surface area contributed by atoms with Gasteiger partial charge in [0.1, 0.15) is 11.5 Å². The smallest absolute Gasteiger partial charge is 0.238 e. The third-order valence-corrected chi connectivity index (χ3v) is 4.86. The molecule has 3 rings (SSSR count). The van der Waals surface area contributed by atoms with E-state index in [-0.39, 0.29) is 5.91 Å². The summed E-state index contributed by atoms with van der Waals surface area (Å²) >= 11 is 0. The van der Waals surface area contributed by atoms with E-state index in [1.165, 1.54) is 0 Å². The molecule has 0 spiro atoms. The second-order valence-electron chi connectivity index (χ2n) is 6.90.